The van der Waals surface area contributed by atoms with E-state index in [1.165, 1.54) is 19.2 Å². The van der Waals surface area contributed by atoms with E-state index >= 15 is 0 Å². The van der Waals surface area contributed by atoms with Gasteiger partial charge in [0.2, 0.25) is 10.0 Å². The Bertz CT molecular complexity index is 1020. The summed E-state index contributed by atoms with van der Waals surface area (Å²) in [5, 5.41) is 2.77. The molecule has 0 bridgehead atoms. The van der Waals surface area contributed by atoms with Crippen LogP contribution in [0.4, 0.5) is 5.69 Å². The number of benzene rings is 2. The molecule has 1 aliphatic heterocycles. The zero-order valence-corrected chi connectivity index (χ0v) is 15.8. The fraction of sp³-hybridized carbons (Fsp3) is 0.211. The number of carbonyl (C=O) groups is 1. The van der Waals surface area contributed by atoms with Crippen LogP contribution in [0, 0.1) is 13.8 Å². The summed E-state index contributed by atoms with van der Waals surface area (Å²) >= 11 is 0. The number of amides is 1. The van der Waals surface area contributed by atoms with Crippen LogP contribution in [0.5, 0.6) is 5.75 Å². The third-order valence-electron chi connectivity index (χ3n) is 4.35. The van der Waals surface area contributed by atoms with Gasteiger partial charge in [-0.3, -0.25) is 4.79 Å². The highest BCUT2D eigenvalue weighted by atomic mass is 32.2. The Kier molecular flexibility index (Phi) is 4.60. The lowest BCUT2D eigenvalue weighted by molar-refractivity contribution is -0.110. The topological polar surface area (TPSA) is 84.5 Å². The number of ether oxygens (including phenoxy) is 1. The minimum Gasteiger partial charge on any atom is -0.496 e. The van der Waals surface area contributed by atoms with Gasteiger partial charge in [-0.25, -0.2) is 13.1 Å². The van der Waals surface area contributed by atoms with E-state index in [4.69, 9.17) is 4.74 Å². The molecule has 1 heterocycles. The van der Waals surface area contributed by atoms with E-state index in [9.17, 15) is 13.2 Å². The van der Waals surface area contributed by atoms with E-state index in [2.05, 4.69) is 10.0 Å². The third kappa shape index (κ3) is 3.11. The van der Waals surface area contributed by atoms with Crippen molar-refractivity contribution in [1.82, 2.24) is 4.72 Å². The van der Waals surface area contributed by atoms with Gasteiger partial charge in [-0.15, -0.1) is 0 Å². The summed E-state index contributed by atoms with van der Waals surface area (Å²) in [5.74, 6) is 0.552. The summed E-state index contributed by atoms with van der Waals surface area (Å²) in [4.78, 5) is 12.5. The number of rotatable bonds is 4. The maximum absolute atomic E-state index is 12.4. The number of aryl methyl sites for hydroxylation is 2. The molecule has 0 saturated carbocycles. The Morgan fingerprint density at radius 3 is 2.35 bits per heavy atom. The number of nitrogens with one attached hydrogen (secondary N) is 2. The summed E-state index contributed by atoms with van der Waals surface area (Å²) in [6, 6.07) is 8.43. The van der Waals surface area contributed by atoms with Gasteiger partial charge in [0.25, 0.3) is 5.91 Å². The smallest absolute Gasteiger partial charge is 0.256 e. The molecule has 1 amide bonds. The molecule has 6 nitrogen and oxygen atoms in total. The van der Waals surface area contributed by atoms with Gasteiger partial charge in [-0.1, -0.05) is 0 Å². The normalized spacial score (nSPS) is 15.1. The van der Waals surface area contributed by atoms with Crippen molar-refractivity contribution in [2.75, 3.05) is 19.5 Å². The van der Waals surface area contributed by atoms with Gasteiger partial charge < -0.3 is 10.1 Å². The zero-order valence-electron chi connectivity index (χ0n) is 15.0. The highest BCUT2D eigenvalue weighted by Gasteiger charge is 2.26. The predicted octanol–water partition coefficient (Wildman–Crippen LogP) is 2.71. The SMILES string of the molecule is CNS(=O)(=O)c1ccc2c(c1)C(=Cc1cc(C)c(OC)c(C)c1)C(=O)N2. The van der Waals surface area contributed by atoms with E-state index < -0.39 is 10.0 Å². The number of hydrogen-bond acceptors (Lipinski definition) is 4. The first kappa shape index (κ1) is 18.2. The lowest BCUT2D eigenvalue weighted by Gasteiger charge is -2.10. The molecule has 0 unspecified atom stereocenters. The highest BCUT2D eigenvalue weighted by Crippen LogP contribution is 2.35. The molecule has 0 saturated heterocycles. The Balaban J connectivity index is 2.12. The van der Waals surface area contributed by atoms with Crippen LogP contribution < -0.4 is 14.8 Å². The molecule has 0 radical (unpaired) electrons. The average Bonchev–Trinajstić information content (AvgIpc) is 2.89. The van der Waals surface area contributed by atoms with E-state index in [0.717, 1.165) is 22.4 Å². The van der Waals surface area contributed by atoms with Crippen molar-refractivity contribution in [3.05, 3.63) is 52.6 Å². The first-order valence-corrected chi connectivity index (χ1v) is 9.51. The van der Waals surface area contributed by atoms with Crippen LogP contribution in [0.3, 0.4) is 0 Å². The molecule has 2 aromatic rings. The van der Waals surface area contributed by atoms with E-state index in [-0.39, 0.29) is 10.8 Å². The summed E-state index contributed by atoms with van der Waals surface area (Å²) in [6.45, 7) is 3.88. The highest BCUT2D eigenvalue weighted by molar-refractivity contribution is 7.89. The van der Waals surface area contributed by atoms with Crippen molar-refractivity contribution < 1.29 is 17.9 Å². The van der Waals surface area contributed by atoms with E-state index in [1.54, 1.807) is 19.3 Å². The molecule has 2 N–H and O–H groups in total. The average molecular weight is 372 g/mol. The number of hydrogen-bond donors (Lipinski definition) is 2. The predicted molar refractivity (Wildman–Crippen MR) is 102 cm³/mol. The first-order chi connectivity index (χ1) is 12.3. The van der Waals surface area contributed by atoms with Crippen molar-refractivity contribution in [2.24, 2.45) is 0 Å². The maximum Gasteiger partial charge on any atom is 0.256 e. The zero-order chi connectivity index (χ0) is 19.1. The Morgan fingerprint density at radius 1 is 1.12 bits per heavy atom. The number of fused-ring (bicyclic) bond motifs is 1. The fourth-order valence-corrected chi connectivity index (χ4v) is 3.91. The summed E-state index contributed by atoms with van der Waals surface area (Å²) in [7, 11) is -0.613. The molecule has 0 aromatic heterocycles. The van der Waals surface area contributed by atoms with E-state index in [1.807, 2.05) is 26.0 Å². The first-order valence-electron chi connectivity index (χ1n) is 8.03. The number of anilines is 1. The molecule has 7 heteroatoms. The van der Waals surface area contributed by atoms with E-state index in [0.29, 0.717) is 16.8 Å². The lowest BCUT2D eigenvalue weighted by Crippen LogP contribution is -2.18. The lowest BCUT2D eigenvalue weighted by atomic mass is 10.0. The molecule has 2 aromatic carbocycles. The van der Waals surface area contributed by atoms with Crippen LogP contribution in [-0.2, 0) is 14.8 Å². The van der Waals surface area contributed by atoms with Crippen molar-refractivity contribution in [1.29, 1.82) is 0 Å². The van der Waals surface area contributed by atoms with Crippen LogP contribution in [0.15, 0.2) is 35.2 Å². The summed E-state index contributed by atoms with van der Waals surface area (Å²) in [5.41, 5.74) is 4.36. The Morgan fingerprint density at radius 2 is 1.77 bits per heavy atom. The molecular weight excluding hydrogens is 352 g/mol. The molecule has 0 aliphatic carbocycles. The van der Waals surface area contributed by atoms with Crippen LogP contribution in [0.1, 0.15) is 22.3 Å². The van der Waals surface area contributed by atoms with Gasteiger partial charge in [0, 0.05) is 16.8 Å². The van der Waals surface area contributed by atoms with Gasteiger partial charge >= 0.3 is 0 Å². The molecule has 1 aliphatic rings. The second-order valence-electron chi connectivity index (χ2n) is 6.12. The molecule has 3 rings (SSSR count). The van der Waals surface area contributed by atoms with Crippen molar-refractivity contribution >= 4 is 33.3 Å². The van der Waals surface area contributed by atoms with Crippen molar-refractivity contribution in [3.8, 4) is 5.75 Å². The monoisotopic (exact) mass is 372 g/mol. The molecule has 26 heavy (non-hydrogen) atoms. The number of methoxy groups -OCH3 is 1. The van der Waals surface area contributed by atoms with Crippen molar-refractivity contribution in [3.63, 3.8) is 0 Å². The van der Waals surface area contributed by atoms with Crippen LogP contribution in [0.2, 0.25) is 0 Å². The quantitative estimate of drug-likeness (QED) is 0.808. The van der Waals surface area contributed by atoms with Gasteiger partial charge in [0.05, 0.1) is 12.0 Å². The molecule has 0 fully saturated rings. The Hall–Kier alpha value is -2.64. The molecular formula is C19H20N2O4S. The minimum atomic E-state index is -3.59. The standard InChI is InChI=1S/C19H20N2O4S/c1-11-7-13(8-12(2)18(11)25-4)9-16-15-10-14(26(23,24)20-3)5-6-17(15)21-19(16)22/h5-10,20H,1-4H3,(H,21,22). The van der Waals surface area contributed by atoms with Gasteiger partial charge in [-0.2, -0.15) is 0 Å². The molecule has 0 atom stereocenters. The summed E-state index contributed by atoms with van der Waals surface area (Å²) in [6.07, 6.45) is 1.76. The fourth-order valence-electron chi connectivity index (χ4n) is 3.15. The Labute approximate surface area is 152 Å². The largest absolute Gasteiger partial charge is 0.496 e. The summed E-state index contributed by atoms with van der Waals surface area (Å²) < 4.78 is 31.8. The van der Waals surface area contributed by atoms with Crippen LogP contribution in [0.25, 0.3) is 11.6 Å². The number of sulfonamides is 1. The second-order valence-corrected chi connectivity index (χ2v) is 8.00. The third-order valence-corrected chi connectivity index (χ3v) is 5.76. The van der Waals surface area contributed by atoms with Gasteiger partial charge in [-0.05, 0) is 74.0 Å². The van der Waals surface area contributed by atoms with Gasteiger partial charge in [0.15, 0.2) is 0 Å². The van der Waals surface area contributed by atoms with Crippen molar-refractivity contribution in [2.45, 2.75) is 18.7 Å². The van der Waals surface area contributed by atoms with Crippen LogP contribution in [-0.4, -0.2) is 28.5 Å². The van der Waals surface area contributed by atoms with Crippen LogP contribution >= 0.6 is 0 Å². The number of carbonyl (C=O) groups excluding carboxylic acids is 1. The second kappa shape index (κ2) is 6.59. The molecule has 136 valence electrons. The molecule has 0 spiro atoms. The minimum absolute atomic E-state index is 0.114. The maximum atomic E-state index is 12.4. The van der Waals surface area contributed by atoms with Gasteiger partial charge in [0.1, 0.15) is 5.75 Å².